The molecule has 2 rings (SSSR count). The molecule has 1 fully saturated rings. The van der Waals surface area contributed by atoms with Gasteiger partial charge in [0.1, 0.15) is 0 Å². The smallest absolute Gasteiger partial charge is 0.0511 e. The Kier molecular flexibility index (Phi) is 4.65. The number of halogens is 1. The van der Waals surface area contributed by atoms with Crippen LogP contribution in [0.4, 0.5) is 5.69 Å². The minimum Gasteiger partial charge on any atom is -0.368 e. The number of rotatable bonds is 3. The highest BCUT2D eigenvalue weighted by Gasteiger charge is 2.24. The average molecular weight is 312 g/mol. The second-order valence-corrected chi connectivity index (χ2v) is 5.97. The summed E-state index contributed by atoms with van der Waals surface area (Å²) in [6, 6.07) is 7.14. The van der Waals surface area contributed by atoms with Crippen LogP contribution in [-0.4, -0.2) is 44.2 Å². The van der Waals surface area contributed by atoms with E-state index < -0.39 is 0 Å². The summed E-state index contributed by atoms with van der Waals surface area (Å²) in [4.78, 5) is 4.88. The van der Waals surface area contributed by atoms with Gasteiger partial charge in [-0.1, -0.05) is 6.07 Å². The van der Waals surface area contributed by atoms with E-state index in [1.165, 1.54) is 15.7 Å². The molecule has 0 amide bonds. The quantitative estimate of drug-likeness (QED) is 0.929. The van der Waals surface area contributed by atoms with Crippen LogP contribution in [0.2, 0.25) is 0 Å². The number of aryl methyl sites for hydroxylation is 1. The fraction of sp³-hybridized carbons (Fsp3) is 0.571. The van der Waals surface area contributed by atoms with Crippen molar-refractivity contribution in [3.63, 3.8) is 0 Å². The molecule has 18 heavy (non-hydrogen) atoms. The summed E-state index contributed by atoms with van der Waals surface area (Å²) in [7, 11) is 2.20. The Morgan fingerprint density at radius 3 is 2.83 bits per heavy atom. The maximum atomic E-state index is 5.70. The number of piperazine rings is 1. The molecule has 1 heterocycles. The maximum Gasteiger partial charge on any atom is 0.0511 e. The number of anilines is 1. The van der Waals surface area contributed by atoms with Gasteiger partial charge in [-0.15, -0.1) is 0 Å². The summed E-state index contributed by atoms with van der Waals surface area (Å²) in [5.41, 5.74) is 8.29. The molecule has 0 saturated carbocycles. The van der Waals surface area contributed by atoms with E-state index in [1.54, 1.807) is 0 Å². The minimum atomic E-state index is 0.567. The monoisotopic (exact) mass is 311 g/mol. The number of hydrogen-bond acceptors (Lipinski definition) is 3. The van der Waals surface area contributed by atoms with Crippen LogP contribution in [0.3, 0.4) is 0 Å². The molecule has 1 unspecified atom stereocenters. The van der Waals surface area contributed by atoms with Crippen LogP contribution in [0.1, 0.15) is 12.0 Å². The van der Waals surface area contributed by atoms with Gasteiger partial charge < -0.3 is 10.6 Å². The first-order chi connectivity index (χ1) is 8.61. The van der Waals surface area contributed by atoms with Crippen LogP contribution >= 0.6 is 15.9 Å². The average Bonchev–Trinajstić information content (AvgIpc) is 2.33. The lowest BCUT2D eigenvalue weighted by Crippen LogP contribution is -2.52. The number of hydrogen-bond donors (Lipinski definition) is 1. The van der Waals surface area contributed by atoms with Gasteiger partial charge in [0.15, 0.2) is 0 Å². The molecule has 100 valence electrons. The summed E-state index contributed by atoms with van der Waals surface area (Å²) in [5.74, 6) is 0. The number of nitrogens with zero attached hydrogens (tertiary/aromatic N) is 2. The molecule has 1 atom stereocenters. The second kappa shape index (κ2) is 6.04. The number of nitrogens with two attached hydrogens (primary N) is 1. The van der Waals surface area contributed by atoms with Crippen molar-refractivity contribution in [2.75, 3.05) is 38.1 Å². The van der Waals surface area contributed by atoms with Crippen LogP contribution in [0, 0.1) is 6.92 Å². The largest absolute Gasteiger partial charge is 0.368 e. The first kappa shape index (κ1) is 13.8. The Labute approximate surface area is 118 Å². The van der Waals surface area contributed by atoms with Crippen molar-refractivity contribution in [1.29, 1.82) is 0 Å². The van der Waals surface area contributed by atoms with Gasteiger partial charge in [-0.2, -0.15) is 0 Å². The van der Waals surface area contributed by atoms with E-state index in [0.717, 1.165) is 32.6 Å². The zero-order valence-corrected chi connectivity index (χ0v) is 12.8. The molecule has 1 aliphatic heterocycles. The lowest BCUT2D eigenvalue weighted by Gasteiger charge is -2.41. The molecule has 1 aromatic rings. The van der Waals surface area contributed by atoms with Gasteiger partial charge in [0.2, 0.25) is 0 Å². The van der Waals surface area contributed by atoms with Crippen LogP contribution < -0.4 is 10.6 Å². The molecule has 4 heteroatoms. The van der Waals surface area contributed by atoms with Crippen molar-refractivity contribution in [2.24, 2.45) is 5.73 Å². The van der Waals surface area contributed by atoms with Crippen molar-refractivity contribution in [2.45, 2.75) is 19.4 Å². The molecule has 0 radical (unpaired) electrons. The van der Waals surface area contributed by atoms with E-state index in [-0.39, 0.29) is 0 Å². The Balaban J connectivity index is 2.13. The molecule has 0 aliphatic carbocycles. The van der Waals surface area contributed by atoms with Crippen LogP contribution in [0.15, 0.2) is 22.7 Å². The summed E-state index contributed by atoms with van der Waals surface area (Å²) < 4.78 is 1.19. The molecule has 1 aliphatic rings. The lowest BCUT2D eigenvalue weighted by molar-refractivity contribution is 0.210. The van der Waals surface area contributed by atoms with Gasteiger partial charge in [-0.05, 0) is 60.6 Å². The summed E-state index contributed by atoms with van der Waals surface area (Å²) in [6.07, 6.45) is 1.07. The minimum absolute atomic E-state index is 0.567. The van der Waals surface area contributed by atoms with Gasteiger partial charge in [-0.3, -0.25) is 4.90 Å². The standard InChI is InChI=1S/C14H22BrN3/c1-11-3-4-14(13(15)9-11)18-8-7-17(2)12(10-18)5-6-16/h3-4,9,12H,5-8,10,16H2,1-2H3. The van der Waals surface area contributed by atoms with Crippen LogP contribution in [0.25, 0.3) is 0 Å². The fourth-order valence-corrected chi connectivity index (χ4v) is 3.28. The highest BCUT2D eigenvalue weighted by Crippen LogP contribution is 2.29. The molecule has 0 spiro atoms. The van der Waals surface area contributed by atoms with E-state index in [1.807, 2.05) is 0 Å². The fourth-order valence-electron chi connectivity index (χ4n) is 2.54. The van der Waals surface area contributed by atoms with Gasteiger partial charge in [0.25, 0.3) is 0 Å². The van der Waals surface area contributed by atoms with Crippen molar-refractivity contribution in [1.82, 2.24) is 4.90 Å². The molecule has 1 aromatic carbocycles. The Morgan fingerprint density at radius 2 is 2.17 bits per heavy atom. The second-order valence-electron chi connectivity index (χ2n) is 5.11. The number of likely N-dealkylation sites (N-methyl/N-ethyl adjacent to an activating group) is 1. The van der Waals surface area contributed by atoms with Crippen LogP contribution in [0.5, 0.6) is 0 Å². The third-order valence-electron chi connectivity index (χ3n) is 3.72. The third kappa shape index (κ3) is 3.05. The highest BCUT2D eigenvalue weighted by molar-refractivity contribution is 9.10. The van der Waals surface area contributed by atoms with Crippen LogP contribution in [-0.2, 0) is 0 Å². The normalized spacial score (nSPS) is 21.3. The molecule has 0 bridgehead atoms. The topological polar surface area (TPSA) is 32.5 Å². The van der Waals surface area contributed by atoms with Gasteiger partial charge >= 0.3 is 0 Å². The number of benzene rings is 1. The molecular weight excluding hydrogens is 290 g/mol. The van der Waals surface area contributed by atoms with Crippen molar-refractivity contribution in [3.05, 3.63) is 28.2 Å². The van der Waals surface area contributed by atoms with E-state index in [9.17, 15) is 0 Å². The molecular formula is C14H22BrN3. The first-order valence-electron chi connectivity index (χ1n) is 6.53. The van der Waals surface area contributed by atoms with Crippen molar-refractivity contribution >= 4 is 21.6 Å². The van der Waals surface area contributed by atoms with Gasteiger partial charge in [0.05, 0.1) is 5.69 Å². The molecule has 3 nitrogen and oxygen atoms in total. The first-order valence-corrected chi connectivity index (χ1v) is 7.32. The highest BCUT2D eigenvalue weighted by atomic mass is 79.9. The summed E-state index contributed by atoms with van der Waals surface area (Å²) in [6.45, 7) is 6.13. The predicted octanol–water partition coefficient (Wildman–Crippen LogP) is 2.23. The summed E-state index contributed by atoms with van der Waals surface area (Å²) in [5, 5.41) is 0. The Hall–Kier alpha value is -0.580. The van der Waals surface area contributed by atoms with E-state index in [0.29, 0.717) is 6.04 Å². The molecule has 2 N–H and O–H groups in total. The van der Waals surface area contributed by atoms with Crippen molar-refractivity contribution in [3.8, 4) is 0 Å². The van der Waals surface area contributed by atoms with Crippen molar-refractivity contribution < 1.29 is 0 Å². The Morgan fingerprint density at radius 1 is 1.39 bits per heavy atom. The van der Waals surface area contributed by atoms with Gasteiger partial charge in [0, 0.05) is 30.1 Å². The van der Waals surface area contributed by atoms with E-state index in [4.69, 9.17) is 5.73 Å². The molecule has 0 aromatic heterocycles. The van der Waals surface area contributed by atoms with E-state index >= 15 is 0 Å². The lowest BCUT2D eigenvalue weighted by atomic mass is 10.1. The van der Waals surface area contributed by atoms with Gasteiger partial charge in [-0.25, -0.2) is 0 Å². The Bertz CT molecular complexity index is 408. The molecule has 1 saturated heterocycles. The summed E-state index contributed by atoms with van der Waals surface area (Å²) >= 11 is 3.68. The zero-order valence-electron chi connectivity index (χ0n) is 11.2. The maximum absolute atomic E-state index is 5.70. The third-order valence-corrected chi connectivity index (χ3v) is 4.36. The SMILES string of the molecule is Cc1ccc(N2CCN(C)C(CCN)C2)c(Br)c1. The van der Waals surface area contributed by atoms with E-state index in [2.05, 4.69) is 57.9 Å². The predicted molar refractivity (Wildman–Crippen MR) is 81.2 cm³/mol. The zero-order chi connectivity index (χ0) is 13.1.